The number of ketones is 1. The lowest BCUT2D eigenvalue weighted by Crippen LogP contribution is -2.40. The highest BCUT2D eigenvalue weighted by molar-refractivity contribution is 6.07. The smallest absolute Gasteiger partial charge is 0.254 e. The lowest BCUT2D eigenvalue weighted by atomic mass is 9.95. The predicted octanol–water partition coefficient (Wildman–Crippen LogP) is 2.75. The monoisotopic (exact) mass is 355 g/mol. The standard InChI is InChI=1S/C20H25N3O3/c1-15(24)17-7-3-4-8-18(17)20(25)23-10-5-6-16(14-23)19-21-9-11-22(19)12-13-26-2/h3-4,7-9,11,16H,5-6,10,12-14H2,1-2H3/t16-/m0/s1. The molecule has 2 heterocycles. The maximum Gasteiger partial charge on any atom is 0.254 e. The van der Waals surface area contributed by atoms with Crippen molar-refractivity contribution in [2.45, 2.75) is 32.2 Å². The quantitative estimate of drug-likeness (QED) is 0.748. The Balaban J connectivity index is 1.78. The van der Waals surface area contributed by atoms with Gasteiger partial charge in [-0.05, 0) is 25.8 Å². The molecule has 0 radical (unpaired) electrons. The number of hydrogen-bond donors (Lipinski definition) is 0. The Bertz CT molecular complexity index is 784. The van der Waals surface area contributed by atoms with Gasteiger partial charge in [0.15, 0.2) is 5.78 Å². The van der Waals surface area contributed by atoms with Gasteiger partial charge in [-0.2, -0.15) is 0 Å². The van der Waals surface area contributed by atoms with Crippen LogP contribution in [0.25, 0.3) is 0 Å². The van der Waals surface area contributed by atoms with Crippen LogP contribution in [-0.4, -0.2) is 52.9 Å². The van der Waals surface area contributed by atoms with Crippen LogP contribution in [0, 0.1) is 0 Å². The number of Topliss-reactive ketones (excluding diaryl/α,β-unsaturated/α-hetero) is 1. The van der Waals surface area contributed by atoms with E-state index in [4.69, 9.17) is 4.74 Å². The first-order valence-electron chi connectivity index (χ1n) is 9.01. The van der Waals surface area contributed by atoms with Gasteiger partial charge in [0.05, 0.1) is 12.2 Å². The molecule has 0 bridgehead atoms. The minimum absolute atomic E-state index is 0.0736. The molecule has 6 heteroatoms. The number of benzene rings is 1. The number of nitrogens with zero attached hydrogens (tertiary/aromatic N) is 3. The molecule has 0 N–H and O–H groups in total. The van der Waals surface area contributed by atoms with Gasteiger partial charge < -0.3 is 14.2 Å². The zero-order valence-electron chi connectivity index (χ0n) is 15.4. The highest BCUT2D eigenvalue weighted by Crippen LogP contribution is 2.27. The van der Waals surface area contributed by atoms with Crippen molar-refractivity contribution in [1.82, 2.24) is 14.5 Å². The van der Waals surface area contributed by atoms with Gasteiger partial charge in [0.1, 0.15) is 5.82 Å². The molecule has 138 valence electrons. The van der Waals surface area contributed by atoms with Gasteiger partial charge in [-0.3, -0.25) is 9.59 Å². The number of carbonyl (C=O) groups excluding carboxylic acids is 2. The summed E-state index contributed by atoms with van der Waals surface area (Å²) in [5.41, 5.74) is 0.976. The number of carbonyl (C=O) groups is 2. The number of aromatic nitrogens is 2. The normalized spacial score (nSPS) is 17.3. The number of ether oxygens (including phenoxy) is 1. The Morgan fingerprint density at radius 3 is 2.77 bits per heavy atom. The maximum atomic E-state index is 13.0. The van der Waals surface area contributed by atoms with Crippen molar-refractivity contribution in [2.24, 2.45) is 0 Å². The second-order valence-electron chi connectivity index (χ2n) is 6.66. The molecule has 0 spiro atoms. The highest BCUT2D eigenvalue weighted by Gasteiger charge is 2.29. The third kappa shape index (κ3) is 3.85. The van der Waals surface area contributed by atoms with E-state index in [-0.39, 0.29) is 17.6 Å². The van der Waals surface area contributed by atoms with E-state index in [1.807, 2.05) is 11.1 Å². The van der Waals surface area contributed by atoms with Crippen molar-refractivity contribution in [3.63, 3.8) is 0 Å². The van der Waals surface area contributed by atoms with Crippen molar-refractivity contribution >= 4 is 11.7 Å². The molecule has 6 nitrogen and oxygen atoms in total. The average molecular weight is 355 g/mol. The van der Waals surface area contributed by atoms with Gasteiger partial charge in [-0.15, -0.1) is 0 Å². The van der Waals surface area contributed by atoms with E-state index in [2.05, 4.69) is 9.55 Å². The van der Waals surface area contributed by atoms with Crippen molar-refractivity contribution in [1.29, 1.82) is 0 Å². The van der Waals surface area contributed by atoms with Crippen LogP contribution in [0.3, 0.4) is 0 Å². The molecule has 1 fully saturated rings. The first-order valence-corrected chi connectivity index (χ1v) is 9.01. The summed E-state index contributed by atoms with van der Waals surface area (Å²) >= 11 is 0. The SMILES string of the molecule is COCCn1ccnc1[C@H]1CCCN(C(=O)c2ccccc2C(C)=O)C1. The van der Waals surface area contributed by atoms with Gasteiger partial charge in [-0.25, -0.2) is 4.98 Å². The minimum atomic E-state index is -0.0855. The molecule has 1 atom stereocenters. The zero-order valence-corrected chi connectivity index (χ0v) is 15.4. The van der Waals surface area contributed by atoms with Crippen LogP contribution >= 0.6 is 0 Å². The van der Waals surface area contributed by atoms with Crippen molar-refractivity contribution in [3.8, 4) is 0 Å². The molecule has 1 saturated heterocycles. The Hall–Kier alpha value is -2.47. The van der Waals surface area contributed by atoms with Crippen molar-refractivity contribution < 1.29 is 14.3 Å². The minimum Gasteiger partial charge on any atom is -0.383 e. The summed E-state index contributed by atoms with van der Waals surface area (Å²) in [5.74, 6) is 1.04. The molecule has 1 aliphatic heterocycles. The van der Waals surface area contributed by atoms with Crippen LogP contribution in [0.4, 0.5) is 0 Å². The van der Waals surface area contributed by atoms with Gasteiger partial charge >= 0.3 is 0 Å². The Kier molecular flexibility index (Phi) is 5.83. The number of hydrogen-bond acceptors (Lipinski definition) is 4. The summed E-state index contributed by atoms with van der Waals surface area (Å²) in [6.07, 6.45) is 5.69. The predicted molar refractivity (Wildman–Crippen MR) is 98.4 cm³/mol. The molecule has 0 saturated carbocycles. The molecular weight excluding hydrogens is 330 g/mol. The summed E-state index contributed by atoms with van der Waals surface area (Å²) in [7, 11) is 1.68. The third-order valence-corrected chi connectivity index (χ3v) is 4.89. The van der Waals surface area contributed by atoms with E-state index >= 15 is 0 Å². The Morgan fingerprint density at radius 2 is 2.04 bits per heavy atom. The molecule has 2 aromatic rings. The van der Waals surface area contributed by atoms with Gasteiger partial charge in [0.2, 0.25) is 0 Å². The van der Waals surface area contributed by atoms with E-state index in [1.165, 1.54) is 6.92 Å². The summed E-state index contributed by atoms with van der Waals surface area (Å²) in [4.78, 5) is 31.3. The molecule has 26 heavy (non-hydrogen) atoms. The van der Waals surface area contributed by atoms with Crippen LogP contribution in [0.15, 0.2) is 36.7 Å². The molecule has 0 aliphatic carbocycles. The van der Waals surface area contributed by atoms with Crippen LogP contribution < -0.4 is 0 Å². The summed E-state index contributed by atoms with van der Waals surface area (Å²) < 4.78 is 7.27. The molecule has 0 unspecified atom stereocenters. The lowest BCUT2D eigenvalue weighted by Gasteiger charge is -2.33. The van der Waals surface area contributed by atoms with Gasteiger partial charge in [0.25, 0.3) is 5.91 Å². The van der Waals surface area contributed by atoms with Crippen molar-refractivity contribution in [3.05, 3.63) is 53.6 Å². The molecule has 1 aromatic carbocycles. The van der Waals surface area contributed by atoms with E-state index in [0.29, 0.717) is 30.8 Å². The molecule has 1 aliphatic rings. The number of likely N-dealkylation sites (tertiary alicyclic amines) is 1. The van der Waals surface area contributed by atoms with Crippen LogP contribution in [0.1, 0.15) is 52.2 Å². The Labute approximate surface area is 153 Å². The van der Waals surface area contributed by atoms with Crippen LogP contribution in [0.2, 0.25) is 0 Å². The van der Waals surface area contributed by atoms with Gasteiger partial charge in [-0.1, -0.05) is 18.2 Å². The van der Waals surface area contributed by atoms with Crippen LogP contribution in [0.5, 0.6) is 0 Å². The van der Waals surface area contributed by atoms with Crippen molar-refractivity contribution in [2.75, 3.05) is 26.8 Å². The summed E-state index contributed by atoms with van der Waals surface area (Å²) in [6.45, 7) is 4.21. The third-order valence-electron chi connectivity index (χ3n) is 4.89. The fraction of sp³-hybridized carbons (Fsp3) is 0.450. The first kappa shape index (κ1) is 18.3. The van der Waals surface area contributed by atoms with E-state index in [9.17, 15) is 9.59 Å². The number of piperidine rings is 1. The van der Waals surface area contributed by atoms with Gasteiger partial charge in [0, 0.05) is 50.6 Å². The second kappa shape index (κ2) is 8.27. The number of imidazole rings is 1. The first-order chi connectivity index (χ1) is 12.6. The fourth-order valence-corrected chi connectivity index (χ4v) is 3.58. The molecule has 1 aromatic heterocycles. The summed E-state index contributed by atoms with van der Waals surface area (Å²) in [6, 6.07) is 7.05. The fourth-order valence-electron chi connectivity index (χ4n) is 3.58. The highest BCUT2D eigenvalue weighted by atomic mass is 16.5. The second-order valence-corrected chi connectivity index (χ2v) is 6.66. The number of rotatable bonds is 6. The van der Waals surface area contributed by atoms with E-state index in [0.717, 1.165) is 25.2 Å². The van der Waals surface area contributed by atoms with E-state index in [1.54, 1.807) is 37.6 Å². The average Bonchev–Trinajstić information content (AvgIpc) is 3.14. The topological polar surface area (TPSA) is 64.4 Å². The summed E-state index contributed by atoms with van der Waals surface area (Å²) in [5, 5.41) is 0. The molecule has 3 rings (SSSR count). The lowest BCUT2D eigenvalue weighted by molar-refractivity contribution is 0.0698. The Morgan fingerprint density at radius 1 is 1.27 bits per heavy atom. The maximum absolute atomic E-state index is 13.0. The van der Waals surface area contributed by atoms with Crippen LogP contribution in [-0.2, 0) is 11.3 Å². The zero-order chi connectivity index (χ0) is 18.5. The number of methoxy groups -OCH3 is 1. The molecular formula is C20H25N3O3. The van der Waals surface area contributed by atoms with E-state index < -0.39 is 0 Å². The largest absolute Gasteiger partial charge is 0.383 e. The number of amides is 1. The molecule has 1 amide bonds.